The lowest BCUT2D eigenvalue weighted by molar-refractivity contribution is 0.660. The number of rotatable bonds is 2. The molecule has 6 aromatic carbocycles. The van der Waals surface area contributed by atoms with Crippen molar-refractivity contribution < 1.29 is 0 Å². The van der Waals surface area contributed by atoms with Gasteiger partial charge in [-0.15, -0.1) is 11.3 Å². The summed E-state index contributed by atoms with van der Waals surface area (Å²) in [7, 11) is 0. The van der Waals surface area contributed by atoms with Crippen LogP contribution >= 0.6 is 11.3 Å². The summed E-state index contributed by atoms with van der Waals surface area (Å²) in [4.78, 5) is 13.7. The Morgan fingerprint density at radius 2 is 0.800 bits per heavy atom. The van der Waals surface area contributed by atoms with E-state index in [0.717, 1.165) is 31.3 Å². The molecule has 0 aliphatic heterocycles. The first-order valence-corrected chi connectivity index (χ1v) is 16.5. The fraction of sp³-hybridized carbons (Fsp3) is 0.140. The summed E-state index contributed by atoms with van der Waals surface area (Å²) in [6.45, 7) is 9.25. The van der Waals surface area contributed by atoms with Crippen LogP contribution in [0.25, 0.3) is 64.7 Å². The average molecular weight is 597 g/mol. The maximum atomic E-state index is 13.7. The molecule has 2 heteroatoms. The molecule has 1 aromatic heterocycles. The second-order valence-corrected chi connectivity index (χ2v) is 14.8. The first kappa shape index (κ1) is 26.6. The van der Waals surface area contributed by atoms with E-state index >= 15 is 0 Å². The van der Waals surface area contributed by atoms with E-state index in [4.69, 9.17) is 0 Å². The number of hydrogen-bond acceptors (Lipinski definition) is 2. The molecule has 0 saturated carbocycles. The van der Waals surface area contributed by atoms with Crippen molar-refractivity contribution in [2.75, 3.05) is 0 Å². The smallest absolute Gasteiger partial charge is 0.195 e. The summed E-state index contributed by atoms with van der Waals surface area (Å²) in [5, 5.41) is 1.57. The predicted molar refractivity (Wildman–Crippen MR) is 192 cm³/mol. The van der Waals surface area contributed by atoms with Gasteiger partial charge in [0.1, 0.15) is 0 Å². The molecule has 0 amide bonds. The fourth-order valence-electron chi connectivity index (χ4n) is 8.01. The van der Waals surface area contributed by atoms with E-state index in [1.54, 1.807) is 11.3 Å². The minimum Gasteiger partial charge on any atom is -0.289 e. The molecule has 0 atom stereocenters. The molecule has 9 rings (SSSR count). The second-order valence-electron chi connectivity index (χ2n) is 13.7. The standard InChI is InChI=1S/C43H32OS/c1-42(2)35-11-7-5-9-29(35)33-21-25(15-19-37(33)42)27-13-17-31-39(23-27)45-40-24-28(14-18-32(40)41(31)44)26-16-20-38-34(22-26)30-10-6-8-12-36(30)43(38,3)4/h5-24H,1-4H3. The first-order chi connectivity index (χ1) is 21.7. The van der Waals surface area contributed by atoms with Crippen LogP contribution in [-0.2, 0) is 10.8 Å². The van der Waals surface area contributed by atoms with Crippen LogP contribution in [-0.4, -0.2) is 0 Å². The van der Waals surface area contributed by atoms with Crippen molar-refractivity contribution in [3.8, 4) is 44.5 Å². The summed E-state index contributed by atoms with van der Waals surface area (Å²) < 4.78 is 2.04. The number of fused-ring (bicyclic) bond motifs is 8. The molecule has 2 aliphatic rings. The Balaban J connectivity index is 1.15. The van der Waals surface area contributed by atoms with Crippen LogP contribution in [0.1, 0.15) is 49.9 Å². The van der Waals surface area contributed by atoms with Gasteiger partial charge in [0.15, 0.2) is 5.43 Å². The first-order valence-electron chi connectivity index (χ1n) is 15.7. The Labute approximate surface area is 267 Å². The molecule has 0 spiro atoms. The van der Waals surface area contributed by atoms with E-state index in [0.29, 0.717) is 0 Å². The van der Waals surface area contributed by atoms with E-state index in [1.165, 1.54) is 55.6 Å². The Morgan fingerprint density at radius 3 is 1.27 bits per heavy atom. The molecule has 0 unspecified atom stereocenters. The van der Waals surface area contributed by atoms with Crippen LogP contribution < -0.4 is 5.43 Å². The summed E-state index contributed by atoms with van der Waals surface area (Å²) in [5.41, 5.74) is 15.5. The predicted octanol–water partition coefficient (Wildman–Crippen LogP) is 11.4. The Kier molecular flexibility index (Phi) is 5.39. The third-order valence-corrected chi connectivity index (χ3v) is 11.6. The van der Waals surface area contributed by atoms with Gasteiger partial charge in [-0.25, -0.2) is 0 Å². The highest BCUT2D eigenvalue weighted by atomic mass is 32.1. The zero-order valence-electron chi connectivity index (χ0n) is 25.9. The average Bonchev–Trinajstić information content (AvgIpc) is 3.43. The minimum absolute atomic E-state index is 0.0115. The normalized spacial score (nSPS) is 15.1. The number of benzene rings is 6. The van der Waals surface area contributed by atoms with Crippen molar-refractivity contribution in [1.29, 1.82) is 0 Å². The van der Waals surface area contributed by atoms with Crippen LogP contribution in [0.2, 0.25) is 0 Å². The second kappa shape index (κ2) is 9.12. The monoisotopic (exact) mass is 596 g/mol. The van der Waals surface area contributed by atoms with Crippen LogP contribution in [0.5, 0.6) is 0 Å². The van der Waals surface area contributed by atoms with Gasteiger partial charge >= 0.3 is 0 Å². The SMILES string of the molecule is CC1(C)c2ccccc2-c2cc(-c3ccc4c(=O)c5ccc(-c6ccc7c(c6)-c6ccccc6C7(C)C)cc5sc4c3)ccc21. The van der Waals surface area contributed by atoms with Crippen molar-refractivity contribution in [3.63, 3.8) is 0 Å². The molecular formula is C43H32OS. The van der Waals surface area contributed by atoms with Gasteiger partial charge in [0.25, 0.3) is 0 Å². The molecule has 0 radical (unpaired) electrons. The molecule has 1 nitrogen and oxygen atoms in total. The van der Waals surface area contributed by atoms with Gasteiger partial charge in [0.05, 0.1) is 0 Å². The molecular weight excluding hydrogens is 565 g/mol. The summed E-state index contributed by atoms with van der Waals surface area (Å²) in [5.74, 6) is 0. The Bertz CT molecular complexity index is 2290. The van der Waals surface area contributed by atoms with Gasteiger partial charge in [0.2, 0.25) is 0 Å². The highest BCUT2D eigenvalue weighted by molar-refractivity contribution is 7.24. The zero-order valence-corrected chi connectivity index (χ0v) is 26.7. The molecule has 45 heavy (non-hydrogen) atoms. The van der Waals surface area contributed by atoms with Gasteiger partial charge in [-0.3, -0.25) is 4.79 Å². The van der Waals surface area contributed by atoms with Crippen molar-refractivity contribution in [2.45, 2.75) is 38.5 Å². The van der Waals surface area contributed by atoms with Gasteiger partial charge in [-0.05, 0) is 103 Å². The van der Waals surface area contributed by atoms with Gasteiger partial charge in [0, 0.05) is 31.0 Å². The van der Waals surface area contributed by atoms with E-state index in [1.807, 2.05) is 12.1 Å². The quantitative estimate of drug-likeness (QED) is 0.181. The van der Waals surface area contributed by atoms with Crippen molar-refractivity contribution in [2.24, 2.45) is 0 Å². The van der Waals surface area contributed by atoms with E-state index in [-0.39, 0.29) is 16.3 Å². The van der Waals surface area contributed by atoms with E-state index in [2.05, 4.69) is 137 Å². The summed E-state index contributed by atoms with van der Waals surface area (Å²) in [6, 6.07) is 43.9. The fourth-order valence-corrected chi connectivity index (χ4v) is 9.16. The van der Waals surface area contributed by atoms with Crippen LogP contribution in [0.3, 0.4) is 0 Å². The summed E-state index contributed by atoms with van der Waals surface area (Å²) in [6.07, 6.45) is 0. The van der Waals surface area contributed by atoms with E-state index in [9.17, 15) is 4.79 Å². The lowest BCUT2D eigenvalue weighted by Gasteiger charge is -2.21. The van der Waals surface area contributed by atoms with Crippen LogP contribution in [0.15, 0.2) is 126 Å². The molecule has 0 N–H and O–H groups in total. The molecule has 1 heterocycles. The lowest BCUT2D eigenvalue weighted by atomic mass is 9.82. The minimum atomic E-state index is -0.0115. The van der Waals surface area contributed by atoms with Crippen LogP contribution in [0, 0.1) is 0 Å². The maximum Gasteiger partial charge on any atom is 0.195 e. The molecule has 0 fully saturated rings. The highest BCUT2D eigenvalue weighted by Crippen LogP contribution is 2.51. The third-order valence-electron chi connectivity index (χ3n) is 10.5. The molecule has 2 aliphatic carbocycles. The Hall–Kier alpha value is -4.79. The largest absolute Gasteiger partial charge is 0.289 e. The van der Waals surface area contributed by atoms with Crippen molar-refractivity contribution in [3.05, 3.63) is 154 Å². The molecule has 216 valence electrons. The topological polar surface area (TPSA) is 17.1 Å². The highest BCUT2D eigenvalue weighted by Gasteiger charge is 2.36. The van der Waals surface area contributed by atoms with Crippen molar-refractivity contribution >= 4 is 31.5 Å². The summed E-state index contributed by atoms with van der Waals surface area (Å²) >= 11 is 1.71. The zero-order chi connectivity index (χ0) is 30.7. The van der Waals surface area contributed by atoms with Gasteiger partial charge in [-0.2, -0.15) is 0 Å². The van der Waals surface area contributed by atoms with Gasteiger partial charge in [-0.1, -0.05) is 113 Å². The van der Waals surface area contributed by atoms with Gasteiger partial charge < -0.3 is 0 Å². The molecule has 0 bridgehead atoms. The Morgan fingerprint density at radius 1 is 0.422 bits per heavy atom. The third kappa shape index (κ3) is 3.70. The maximum absolute atomic E-state index is 13.7. The van der Waals surface area contributed by atoms with Crippen molar-refractivity contribution in [1.82, 2.24) is 0 Å². The number of hydrogen-bond donors (Lipinski definition) is 0. The molecule has 7 aromatic rings. The lowest BCUT2D eigenvalue weighted by Crippen LogP contribution is -2.14. The molecule has 0 saturated heterocycles. The van der Waals surface area contributed by atoms with Crippen LogP contribution in [0.4, 0.5) is 0 Å². The van der Waals surface area contributed by atoms with E-state index < -0.39 is 0 Å².